The van der Waals surface area contributed by atoms with Gasteiger partial charge in [0, 0.05) is 0 Å². The number of ether oxygens (including phenoxy) is 3. The summed E-state index contributed by atoms with van der Waals surface area (Å²) in [5.74, 6) is -0.104. The minimum Gasteiger partial charge on any atom is -0.490 e. The molecule has 26 heavy (non-hydrogen) atoms. The van der Waals surface area contributed by atoms with Gasteiger partial charge in [0.05, 0.1) is 17.7 Å². The molecule has 0 aliphatic carbocycles. The summed E-state index contributed by atoms with van der Waals surface area (Å²) in [5.41, 5.74) is 0.803. The van der Waals surface area contributed by atoms with Crippen molar-refractivity contribution in [3.05, 3.63) is 65.7 Å². The molecule has 0 bridgehead atoms. The number of benzene rings is 2. The van der Waals surface area contributed by atoms with Gasteiger partial charge < -0.3 is 14.2 Å². The van der Waals surface area contributed by atoms with E-state index in [4.69, 9.17) is 14.2 Å². The molecule has 2 aromatic carbocycles. The minimum atomic E-state index is -0.454. The monoisotopic (exact) mass is 356 g/mol. The highest BCUT2D eigenvalue weighted by Gasteiger charge is 2.11. The molecule has 5 nitrogen and oxygen atoms in total. The van der Waals surface area contributed by atoms with E-state index in [1.165, 1.54) is 0 Å². The van der Waals surface area contributed by atoms with Crippen LogP contribution in [0.4, 0.5) is 0 Å². The summed E-state index contributed by atoms with van der Waals surface area (Å²) < 4.78 is 15.8. The fourth-order valence-electron chi connectivity index (χ4n) is 2.24. The lowest BCUT2D eigenvalue weighted by Gasteiger charge is -2.08. The Hall–Kier alpha value is -2.82. The van der Waals surface area contributed by atoms with Crippen LogP contribution in [0, 0.1) is 0 Å². The first-order valence-corrected chi connectivity index (χ1v) is 8.83. The molecule has 138 valence electrons. The second kappa shape index (κ2) is 10.9. The lowest BCUT2D eigenvalue weighted by molar-refractivity contribution is 0.0447. The molecule has 0 aliphatic rings. The number of carbonyl (C=O) groups excluding carboxylic acids is 2. The Morgan fingerprint density at radius 3 is 1.88 bits per heavy atom. The van der Waals surface area contributed by atoms with Gasteiger partial charge in [-0.05, 0) is 42.8 Å². The maximum atomic E-state index is 12.0. The third kappa shape index (κ3) is 6.59. The van der Waals surface area contributed by atoms with Crippen molar-refractivity contribution in [3.8, 4) is 5.75 Å². The summed E-state index contributed by atoms with van der Waals surface area (Å²) >= 11 is 0. The number of hydrogen-bond donors (Lipinski definition) is 0. The summed E-state index contributed by atoms with van der Waals surface area (Å²) in [4.78, 5) is 23.9. The van der Waals surface area contributed by atoms with Crippen molar-refractivity contribution < 1.29 is 23.8 Å². The smallest absolute Gasteiger partial charge is 0.338 e. The van der Waals surface area contributed by atoms with Gasteiger partial charge in [-0.1, -0.05) is 38.0 Å². The van der Waals surface area contributed by atoms with Crippen molar-refractivity contribution in [2.75, 3.05) is 19.8 Å². The largest absolute Gasteiger partial charge is 0.490 e. The molecule has 0 radical (unpaired) electrons. The van der Waals surface area contributed by atoms with Gasteiger partial charge in [0.25, 0.3) is 0 Å². The second-order valence-corrected chi connectivity index (χ2v) is 5.72. The lowest BCUT2D eigenvalue weighted by Crippen LogP contribution is -2.13. The molecule has 0 aliphatic heterocycles. The van der Waals surface area contributed by atoms with Crippen LogP contribution in [-0.4, -0.2) is 31.8 Å². The molecule has 5 heteroatoms. The van der Waals surface area contributed by atoms with Crippen molar-refractivity contribution in [2.45, 2.75) is 26.2 Å². The SMILES string of the molecule is CCCCCOC(=O)c1ccc(C(=O)OCCOc2ccccc2)cc1. The highest BCUT2D eigenvalue weighted by Crippen LogP contribution is 2.10. The zero-order chi connectivity index (χ0) is 18.6. The molecule has 0 aromatic heterocycles. The summed E-state index contributed by atoms with van der Waals surface area (Å²) in [6, 6.07) is 15.6. The van der Waals surface area contributed by atoms with E-state index in [2.05, 4.69) is 6.92 Å². The Kier molecular flexibility index (Phi) is 8.19. The topological polar surface area (TPSA) is 61.8 Å². The fourth-order valence-corrected chi connectivity index (χ4v) is 2.24. The molecule has 0 amide bonds. The summed E-state index contributed by atoms with van der Waals surface area (Å²) in [6.07, 6.45) is 2.97. The van der Waals surface area contributed by atoms with Crippen LogP contribution in [0.25, 0.3) is 0 Å². The highest BCUT2D eigenvalue weighted by atomic mass is 16.6. The first kappa shape index (κ1) is 19.5. The van der Waals surface area contributed by atoms with E-state index in [-0.39, 0.29) is 19.2 Å². The number of esters is 2. The van der Waals surface area contributed by atoms with Crippen LogP contribution in [-0.2, 0) is 9.47 Å². The molecule has 0 fully saturated rings. The third-order valence-corrected chi connectivity index (χ3v) is 3.67. The van der Waals surface area contributed by atoms with E-state index in [9.17, 15) is 9.59 Å². The Bertz CT molecular complexity index is 679. The standard InChI is InChI=1S/C21H24O5/c1-2-3-7-14-25-20(22)17-10-12-18(13-11-17)21(23)26-16-15-24-19-8-5-4-6-9-19/h4-6,8-13H,2-3,7,14-16H2,1H3. The molecule has 0 unspecified atom stereocenters. The van der Waals surface area contributed by atoms with Crippen LogP contribution in [0.2, 0.25) is 0 Å². The molecule has 0 heterocycles. The van der Waals surface area contributed by atoms with Crippen molar-refractivity contribution in [3.63, 3.8) is 0 Å². The average molecular weight is 356 g/mol. The van der Waals surface area contributed by atoms with Gasteiger partial charge in [-0.15, -0.1) is 0 Å². The van der Waals surface area contributed by atoms with Gasteiger partial charge in [-0.2, -0.15) is 0 Å². The van der Waals surface area contributed by atoms with E-state index in [1.807, 2.05) is 30.3 Å². The quantitative estimate of drug-likeness (QED) is 0.470. The molecular formula is C21H24O5. The second-order valence-electron chi connectivity index (χ2n) is 5.72. The van der Waals surface area contributed by atoms with Gasteiger partial charge in [0.15, 0.2) is 0 Å². The Labute approximate surface area is 153 Å². The molecule has 0 N–H and O–H groups in total. The molecule has 0 spiro atoms. The molecule has 0 saturated carbocycles. The van der Waals surface area contributed by atoms with Crippen LogP contribution in [0.5, 0.6) is 5.75 Å². The number of para-hydroxylation sites is 1. The summed E-state index contributed by atoms with van der Waals surface area (Å²) in [7, 11) is 0. The molecule has 0 saturated heterocycles. The van der Waals surface area contributed by atoms with Crippen molar-refractivity contribution in [1.29, 1.82) is 0 Å². The normalized spacial score (nSPS) is 10.2. The van der Waals surface area contributed by atoms with E-state index < -0.39 is 5.97 Å². The van der Waals surface area contributed by atoms with Crippen LogP contribution in [0.15, 0.2) is 54.6 Å². The Morgan fingerprint density at radius 1 is 0.731 bits per heavy atom. The van der Waals surface area contributed by atoms with E-state index in [0.717, 1.165) is 25.0 Å². The summed E-state index contributed by atoms with van der Waals surface area (Å²) in [6.45, 7) is 2.93. The number of unbranched alkanes of at least 4 members (excludes halogenated alkanes) is 2. The average Bonchev–Trinajstić information content (AvgIpc) is 2.69. The Morgan fingerprint density at radius 2 is 1.31 bits per heavy atom. The predicted octanol–water partition coefficient (Wildman–Crippen LogP) is 4.27. The number of hydrogen-bond acceptors (Lipinski definition) is 5. The first-order chi connectivity index (χ1) is 12.7. The van der Waals surface area contributed by atoms with Gasteiger partial charge in [0.1, 0.15) is 19.0 Å². The van der Waals surface area contributed by atoms with Gasteiger partial charge in [-0.3, -0.25) is 0 Å². The van der Waals surface area contributed by atoms with E-state index in [1.54, 1.807) is 24.3 Å². The molecule has 2 rings (SSSR count). The minimum absolute atomic E-state index is 0.148. The van der Waals surface area contributed by atoms with Gasteiger partial charge in [0.2, 0.25) is 0 Å². The zero-order valence-corrected chi connectivity index (χ0v) is 15.0. The maximum absolute atomic E-state index is 12.0. The van der Waals surface area contributed by atoms with Crippen molar-refractivity contribution >= 4 is 11.9 Å². The number of rotatable bonds is 10. The zero-order valence-electron chi connectivity index (χ0n) is 15.0. The number of carbonyl (C=O) groups is 2. The highest BCUT2D eigenvalue weighted by molar-refractivity contribution is 5.93. The van der Waals surface area contributed by atoms with Crippen molar-refractivity contribution in [2.24, 2.45) is 0 Å². The molecule has 2 aromatic rings. The van der Waals surface area contributed by atoms with Crippen LogP contribution >= 0.6 is 0 Å². The predicted molar refractivity (Wildman–Crippen MR) is 98.5 cm³/mol. The molecule has 0 atom stereocenters. The summed E-state index contributed by atoms with van der Waals surface area (Å²) in [5, 5.41) is 0. The molecular weight excluding hydrogens is 332 g/mol. The fraction of sp³-hybridized carbons (Fsp3) is 0.333. The third-order valence-electron chi connectivity index (χ3n) is 3.67. The van der Waals surface area contributed by atoms with E-state index in [0.29, 0.717) is 17.7 Å². The van der Waals surface area contributed by atoms with Crippen LogP contribution in [0.3, 0.4) is 0 Å². The lowest BCUT2D eigenvalue weighted by atomic mass is 10.1. The van der Waals surface area contributed by atoms with E-state index >= 15 is 0 Å². The van der Waals surface area contributed by atoms with Gasteiger partial charge in [-0.25, -0.2) is 9.59 Å². The first-order valence-electron chi connectivity index (χ1n) is 8.83. The Balaban J connectivity index is 1.72. The van der Waals surface area contributed by atoms with Crippen LogP contribution < -0.4 is 4.74 Å². The van der Waals surface area contributed by atoms with Crippen LogP contribution in [0.1, 0.15) is 46.9 Å². The maximum Gasteiger partial charge on any atom is 0.338 e. The van der Waals surface area contributed by atoms with Gasteiger partial charge >= 0.3 is 11.9 Å². The van der Waals surface area contributed by atoms with Crippen molar-refractivity contribution in [1.82, 2.24) is 0 Å².